The van der Waals surface area contributed by atoms with Gasteiger partial charge in [0.1, 0.15) is 0 Å². The summed E-state index contributed by atoms with van der Waals surface area (Å²) in [5, 5.41) is 3.54. The Hall–Kier alpha value is -3.71. The van der Waals surface area contributed by atoms with Crippen LogP contribution in [0.4, 0.5) is 5.69 Å². The molecule has 0 spiro atoms. The first-order valence-corrected chi connectivity index (χ1v) is 10.3. The third-order valence-corrected chi connectivity index (χ3v) is 6.19. The summed E-state index contributed by atoms with van der Waals surface area (Å²) in [5.41, 5.74) is 1.89. The van der Waals surface area contributed by atoms with Crippen LogP contribution in [0.25, 0.3) is 17.0 Å². The molecule has 6 nitrogen and oxygen atoms in total. The molecule has 0 saturated heterocycles. The minimum atomic E-state index is -3.69. The summed E-state index contributed by atoms with van der Waals surface area (Å²) in [6.07, 6.45) is 8.06. The average Bonchev–Trinajstić information content (AvgIpc) is 3.22. The molecule has 2 aromatic heterocycles. The minimum absolute atomic E-state index is 0.156. The van der Waals surface area contributed by atoms with Crippen molar-refractivity contribution in [3.8, 4) is 0 Å². The maximum absolute atomic E-state index is 13.0. The van der Waals surface area contributed by atoms with Crippen LogP contribution in [0.15, 0.2) is 95.1 Å². The van der Waals surface area contributed by atoms with Crippen LogP contribution in [-0.4, -0.2) is 24.3 Å². The van der Waals surface area contributed by atoms with Gasteiger partial charge in [0, 0.05) is 35.7 Å². The summed E-state index contributed by atoms with van der Waals surface area (Å²) in [6, 6.07) is 16.7. The second-order valence-electron chi connectivity index (χ2n) is 6.33. The van der Waals surface area contributed by atoms with Crippen LogP contribution >= 0.6 is 0 Å². The first-order valence-electron chi connectivity index (χ1n) is 8.84. The molecule has 0 radical (unpaired) electrons. The summed E-state index contributed by atoms with van der Waals surface area (Å²) >= 11 is 0. The van der Waals surface area contributed by atoms with Gasteiger partial charge in [0.25, 0.3) is 0 Å². The van der Waals surface area contributed by atoms with Crippen molar-refractivity contribution in [2.75, 3.05) is 5.32 Å². The van der Waals surface area contributed by atoms with E-state index in [0.717, 1.165) is 10.9 Å². The van der Waals surface area contributed by atoms with Crippen molar-refractivity contribution in [2.45, 2.75) is 9.79 Å². The van der Waals surface area contributed by atoms with E-state index >= 15 is 0 Å². The zero-order chi connectivity index (χ0) is 20.3. The zero-order valence-electron chi connectivity index (χ0n) is 15.2. The number of anilines is 1. The first kappa shape index (κ1) is 18.6. The van der Waals surface area contributed by atoms with Gasteiger partial charge in [-0.15, -0.1) is 0 Å². The average molecular weight is 403 g/mol. The highest BCUT2D eigenvalue weighted by Crippen LogP contribution is 2.28. The summed E-state index contributed by atoms with van der Waals surface area (Å²) in [6.45, 7) is 0. The number of carbonyl (C=O) groups excluding carboxylic acids is 1. The van der Waals surface area contributed by atoms with Crippen LogP contribution in [0.1, 0.15) is 5.56 Å². The number of aromatic amines is 1. The van der Waals surface area contributed by atoms with Crippen LogP contribution < -0.4 is 5.32 Å². The molecule has 4 rings (SSSR count). The third kappa shape index (κ3) is 3.95. The number of hydrogen-bond donors (Lipinski definition) is 2. The van der Waals surface area contributed by atoms with E-state index in [0.29, 0.717) is 11.2 Å². The number of sulfone groups is 1. The lowest BCUT2D eigenvalue weighted by Gasteiger charge is -2.08. The van der Waals surface area contributed by atoms with E-state index in [-0.39, 0.29) is 15.7 Å². The molecule has 144 valence electrons. The fourth-order valence-corrected chi connectivity index (χ4v) is 4.41. The van der Waals surface area contributed by atoms with Crippen molar-refractivity contribution in [1.82, 2.24) is 9.97 Å². The van der Waals surface area contributed by atoms with Gasteiger partial charge in [-0.3, -0.25) is 9.78 Å². The van der Waals surface area contributed by atoms with E-state index in [1.165, 1.54) is 18.2 Å². The number of rotatable bonds is 5. The highest BCUT2D eigenvalue weighted by atomic mass is 32.2. The molecule has 4 aromatic rings. The maximum Gasteiger partial charge on any atom is 0.248 e. The van der Waals surface area contributed by atoms with Gasteiger partial charge in [-0.05, 0) is 54.1 Å². The Bertz CT molecular complexity index is 1290. The number of fused-ring (bicyclic) bond motifs is 1. The summed E-state index contributed by atoms with van der Waals surface area (Å²) in [7, 11) is -3.69. The number of nitrogens with one attached hydrogen (secondary N) is 2. The quantitative estimate of drug-likeness (QED) is 0.492. The highest BCUT2D eigenvalue weighted by Gasteiger charge is 2.20. The predicted octanol–water partition coefficient (Wildman–Crippen LogP) is 4.05. The number of amides is 1. The molecule has 1 amide bonds. The molecule has 0 aliphatic rings. The lowest BCUT2D eigenvalue weighted by Crippen LogP contribution is -2.08. The van der Waals surface area contributed by atoms with E-state index in [4.69, 9.17) is 0 Å². The highest BCUT2D eigenvalue weighted by molar-refractivity contribution is 7.91. The van der Waals surface area contributed by atoms with Crippen LogP contribution in [-0.2, 0) is 14.6 Å². The Morgan fingerprint density at radius 2 is 1.83 bits per heavy atom. The Kier molecular flexibility index (Phi) is 4.97. The van der Waals surface area contributed by atoms with E-state index in [2.05, 4.69) is 15.3 Å². The SMILES string of the molecule is O=C(C=Cc1cccnc1)Nc1ccc(S(=O)(=O)c2cccc3cc[nH]c23)cc1. The van der Waals surface area contributed by atoms with E-state index in [1.54, 1.807) is 55.0 Å². The molecule has 2 heterocycles. The molecular weight excluding hydrogens is 386 g/mol. The molecule has 2 aromatic carbocycles. The smallest absolute Gasteiger partial charge is 0.248 e. The molecule has 0 unspecified atom stereocenters. The number of hydrogen-bond acceptors (Lipinski definition) is 4. The van der Waals surface area contributed by atoms with Crippen molar-refractivity contribution in [1.29, 1.82) is 0 Å². The fourth-order valence-electron chi connectivity index (χ4n) is 2.95. The molecular formula is C22H17N3O3S. The number of nitrogens with zero attached hydrogens (tertiary/aromatic N) is 1. The predicted molar refractivity (Wildman–Crippen MR) is 112 cm³/mol. The van der Waals surface area contributed by atoms with Crippen LogP contribution in [0.2, 0.25) is 0 Å². The van der Waals surface area contributed by atoms with Gasteiger partial charge in [0.2, 0.25) is 15.7 Å². The van der Waals surface area contributed by atoms with E-state index < -0.39 is 9.84 Å². The molecule has 0 aliphatic carbocycles. The molecule has 0 saturated carbocycles. The Labute approximate surface area is 167 Å². The number of carbonyl (C=O) groups is 1. The molecule has 0 bridgehead atoms. The number of pyridine rings is 1. The lowest BCUT2D eigenvalue weighted by molar-refractivity contribution is -0.111. The molecule has 0 atom stereocenters. The summed E-state index contributed by atoms with van der Waals surface area (Å²) in [4.78, 5) is 19.4. The van der Waals surface area contributed by atoms with Crippen LogP contribution in [0.5, 0.6) is 0 Å². The topological polar surface area (TPSA) is 91.9 Å². The maximum atomic E-state index is 13.0. The van der Waals surface area contributed by atoms with Crippen LogP contribution in [0.3, 0.4) is 0 Å². The normalized spacial score (nSPS) is 11.7. The van der Waals surface area contributed by atoms with Gasteiger partial charge in [-0.25, -0.2) is 8.42 Å². The van der Waals surface area contributed by atoms with Crippen molar-refractivity contribution in [2.24, 2.45) is 0 Å². The second kappa shape index (κ2) is 7.73. The molecule has 7 heteroatoms. The van der Waals surface area contributed by atoms with Gasteiger partial charge in [0.05, 0.1) is 15.3 Å². The summed E-state index contributed by atoms with van der Waals surface area (Å²) in [5.74, 6) is -0.319. The van der Waals surface area contributed by atoms with Gasteiger partial charge in [-0.2, -0.15) is 0 Å². The summed E-state index contributed by atoms with van der Waals surface area (Å²) < 4.78 is 26.0. The standard InChI is InChI=1S/C22H17N3O3S/c26-21(11-6-16-3-2-13-23-15-16)25-18-7-9-19(10-8-18)29(27,28)20-5-1-4-17-12-14-24-22(17)20/h1-15,24H,(H,25,26). The van der Waals surface area contributed by atoms with Crippen molar-refractivity contribution in [3.63, 3.8) is 0 Å². The largest absolute Gasteiger partial charge is 0.360 e. The molecule has 2 N–H and O–H groups in total. The Morgan fingerprint density at radius 1 is 1.00 bits per heavy atom. The molecule has 0 aliphatic heterocycles. The number of H-pyrrole nitrogens is 1. The van der Waals surface area contributed by atoms with E-state index in [9.17, 15) is 13.2 Å². The molecule has 0 fully saturated rings. The second-order valence-corrected chi connectivity index (χ2v) is 8.25. The number of para-hydroxylation sites is 1. The monoisotopic (exact) mass is 403 g/mol. The van der Waals surface area contributed by atoms with Crippen molar-refractivity contribution >= 4 is 38.4 Å². The molecule has 29 heavy (non-hydrogen) atoms. The van der Waals surface area contributed by atoms with Crippen molar-refractivity contribution < 1.29 is 13.2 Å². The van der Waals surface area contributed by atoms with Crippen molar-refractivity contribution in [3.05, 3.63) is 90.9 Å². The van der Waals surface area contributed by atoms with Crippen LogP contribution in [0, 0.1) is 0 Å². The van der Waals surface area contributed by atoms with Gasteiger partial charge < -0.3 is 10.3 Å². The Morgan fingerprint density at radius 3 is 2.59 bits per heavy atom. The fraction of sp³-hybridized carbons (Fsp3) is 0. The van der Waals surface area contributed by atoms with E-state index in [1.807, 2.05) is 18.2 Å². The number of aromatic nitrogens is 2. The van der Waals surface area contributed by atoms with Gasteiger partial charge >= 0.3 is 0 Å². The third-order valence-electron chi connectivity index (χ3n) is 4.38. The zero-order valence-corrected chi connectivity index (χ0v) is 16.1. The Balaban J connectivity index is 1.52. The van der Waals surface area contributed by atoms with Gasteiger partial charge in [-0.1, -0.05) is 18.2 Å². The first-order chi connectivity index (χ1) is 14.0. The lowest BCUT2D eigenvalue weighted by atomic mass is 10.2. The number of benzene rings is 2. The minimum Gasteiger partial charge on any atom is -0.360 e. The van der Waals surface area contributed by atoms with Gasteiger partial charge in [0.15, 0.2) is 0 Å².